The molecule has 2 aromatic heterocycles. The number of hydrogen-bond acceptors (Lipinski definition) is 1. The van der Waals surface area contributed by atoms with E-state index in [0.717, 1.165) is 18.5 Å². The summed E-state index contributed by atoms with van der Waals surface area (Å²) in [5, 5.41) is 1.22. The summed E-state index contributed by atoms with van der Waals surface area (Å²) in [4.78, 5) is 4.47. The minimum Gasteiger partial charge on any atom is -0.354 e. The van der Waals surface area contributed by atoms with Gasteiger partial charge in [-0.3, -0.25) is 4.98 Å². The van der Waals surface area contributed by atoms with Crippen LogP contribution in [-0.4, -0.2) is 9.55 Å². The highest BCUT2D eigenvalue weighted by Gasteiger charge is 2.01. The molecule has 0 atom stereocenters. The molecule has 0 N–H and O–H groups in total. The molecule has 0 aliphatic rings. The van der Waals surface area contributed by atoms with Gasteiger partial charge in [-0.2, -0.15) is 0 Å². The number of hydrogen-bond donors (Lipinski definition) is 0. The molecule has 0 fully saturated rings. The number of aryl methyl sites for hydroxylation is 2. The fraction of sp³-hybridized carbons (Fsp3) is 0.133. The lowest BCUT2D eigenvalue weighted by molar-refractivity contribution is 0.703. The molecule has 17 heavy (non-hydrogen) atoms. The van der Waals surface area contributed by atoms with Crippen LogP contribution in [0.4, 0.5) is 0 Å². The van der Waals surface area contributed by atoms with Crippen molar-refractivity contribution in [3.63, 3.8) is 0 Å². The van der Waals surface area contributed by atoms with E-state index >= 15 is 0 Å². The summed E-state index contributed by atoms with van der Waals surface area (Å²) in [5.41, 5.74) is 2.44. The number of nitrogens with zero attached hydrogens (tertiary/aromatic N) is 2. The highest BCUT2D eigenvalue weighted by atomic mass is 14.9. The Morgan fingerprint density at radius 1 is 0.941 bits per heavy atom. The summed E-state index contributed by atoms with van der Waals surface area (Å²) < 4.78 is 2.20. The molecule has 84 valence electrons. The smallest absolute Gasteiger partial charge is 0.0734 e. The zero-order valence-electron chi connectivity index (χ0n) is 9.58. The molecule has 0 saturated carbocycles. The molecular formula is C15H14N2. The van der Waals surface area contributed by atoms with Crippen molar-refractivity contribution in [2.75, 3.05) is 0 Å². The lowest BCUT2D eigenvalue weighted by Gasteiger charge is -2.06. The third-order valence-electron chi connectivity index (χ3n) is 3.02. The molecule has 0 saturated heterocycles. The van der Waals surface area contributed by atoms with Gasteiger partial charge in [0.25, 0.3) is 0 Å². The maximum atomic E-state index is 4.47. The summed E-state index contributed by atoms with van der Waals surface area (Å²) in [6, 6.07) is 14.6. The minimum atomic E-state index is 1.00. The standard InChI is InChI=1S/C15H14N2/c1-2-11-17(10-1)12-8-14-6-3-5-13-7-4-9-16-15(13)14/h1-7,9-11H,8,12H2. The summed E-state index contributed by atoms with van der Waals surface area (Å²) in [6.45, 7) is 1.00. The molecule has 3 rings (SSSR count). The van der Waals surface area contributed by atoms with Crippen molar-refractivity contribution in [3.05, 3.63) is 66.6 Å². The predicted octanol–water partition coefficient (Wildman–Crippen LogP) is 3.28. The lowest BCUT2D eigenvalue weighted by atomic mass is 10.1. The summed E-state index contributed by atoms with van der Waals surface area (Å²) in [6.07, 6.45) is 7.07. The monoisotopic (exact) mass is 222 g/mol. The zero-order chi connectivity index (χ0) is 11.5. The van der Waals surface area contributed by atoms with Crippen LogP contribution in [0.15, 0.2) is 61.1 Å². The van der Waals surface area contributed by atoms with Gasteiger partial charge in [-0.15, -0.1) is 0 Å². The molecule has 0 unspecified atom stereocenters. The topological polar surface area (TPSA) is 17.8 Å². The van der Waals surface area contributed by atoms with Crippen LogP contribution in [0.2, 0.25) is 0 Å². The van der Waals surface area contributed by atoms with Gasteiger partial charge in [-0.05, 0) is 30.2 Å². The van der Waals surface area contributed by atoms with Gasteiger partial charge in [0, 0.05) is 30.5 Å². The number of pyridine rings is 1. The Kier molecular flexibility index (Phi) is 2.62. The quantitative estimate of drug-likeness (QED) is 0.665. The van der Waals surface area contributed by atoms with Crippen molar-refractivity contribution in [3.8, 4) is 0 Å². The Bertz CT molecular complexity index is 606. The van der Waals surface area contributed by atoms with Crippen molar-refractivity contribution in [2.24, 2.45) is 0 Å². The molecule has 0 aliphatic carbocycles. The van der Waals surface area contributed by atoms with Gasteiger partial charge in [0.15, 0.2) is 0 Å². The Morgan fingerprint density at radius 3 is 2.65 bits per heavy atom. The molecule has 0 radical (unpaired) electrons. The maximum Gasteiger partial charge on any atom is 0.0734 e. The molecule has 2 heteroatoms. The summed E-state index contributed by atoms with van der Waals surface area (Å²) >= 11 is 0. The number of fused-ring (bicyclic) bond motifs is 1. The van der Waals surface area contributed by atoms with Gasteiger partial charge >= 0.3 is 0 Å². The lowest BCUT2D eigenvalue weighted by Crippen LogP contribution is -1.99. The number of para-hydroxylation sites is 1. The van der Waals surface area contributed by atoms with Crippen LogP contribution in [0.3, 0.4) is 0 Å². The van der Waals surface area contributed by atoms with E-state index in [1.54, 1.807) is 0 Å². The third kappa shape index (κ3) is 2.07. The normalized spacial score (nSPS) is 10.8. The minimum absolute atomic E-state index is 1.00. The van der Waals surface area contributed by atoms with Gasteiger partial charge in [0.1, 0.15) is 0 Å². The fourth-order valence-electron chi connectivity index (χ4n) is 2.14. The van der Waals surface area contributed by atoms with Crippen LogP contribution >= 0.6 is 0 Å². The first-order chi connectivity index (χ1) is 8.43. The van der Waals surface area contributed by atoms with Gasteiger partial charge in [-0.1, -0.05) is 24.3 Å². The number of benzene rings is 1. The van der Waals surface area contributed by atoms with Gasteiger partial charge in [0.05, 0.1) is 5.52 Å². The van der Waals surface area contributed by atoms with Crippen LogP contribution in [0.1, 0.15) is 5.56 Å². The first-order valence-corrected chi connectivity index (χ1v) is 5.87. The average molecular weight is 222 g/mol. The molecule has 0 aliphatic heterocycles. The molecule has 0 spiro atoms. The average Bonchev–Trinajstić information content (AvgIpc) is 2.89. The number of aromatic nitrogens is 2. The van der Waals surface area contributed by atoms with E-state index in [9.17, 15) is 0 Å². The van der Waals surface area contributed by atoms with Crippen LogP contribution in [0, 0.1) is 0 Å². The van der Waals surface area contributed by atoms with E-state index in [0.29, 0.717) is 0 Å². The van der Waals surface area contributed by atoms with Gasteiger partial charge < -0.3 is 4.57 Å². The maximum absolute atomic E-state index is 4.47. The Labute approximate surface area is 101 Å². The molecule has 3 aromatic rings. The van der Waals surface area contributed by atoms with Crippen molar-refractivity contribution in [2.45, 2.75) is 13.0 Å². The summed E-state index contributed by atoms with van der Waals surface area (Å²) in [5.74, 6) is 0. The van der Waals surface area contributed by atoms with Crippen LogP contribution in [-0.2, 0) is 13.0 Å². The first kappa shape index (κ1) is 10.1. The van der Waals surface area contributed by atoms with E-state index in [1.165, 1.54) is 10.9 Å². The second kappa shape index (κ2) is 4.42. The largest absolute Gasteiger partial charge is 0.354 e. The molecule has 1 aromatic carbocycles. The molecule has 0 amide bonds. The van der Waals surface area contributed by atoms with E-state index < -0.39 is 0 Å². The Hall–Kier alpha value is -2.09. The van der Waals surface area contributed by atoms with Crippen LogP contribution < -0.4 is 0 Å². The molecule has 0 bridgehead atoms. The highest BCUT2D eigenvalue weighted by Crippen LogP contribution is 2.16. The SMILES string of the molecule is c1cnc2c(CCn3cccc3)cccc2c1. The summed E-state index contributed by atoms with van der Waals surface area (Å²) in [7, 11) is 0. The van der Waals surface area contributed by atoms with E-state index in [1.807, 2.05) is 12.3 Å². The van der Waals surface area contributed by atoms with E-state index in [-0.39, 0.29) is 0 Å². The van der Waals surface area contributed by atoms with Gasteiger partial charge in [-0.25, -0.2) is 0 Å². The Morgan fingerprint density at radius 2 is 1.76 bits per heavy atom. The molecule has 2 nitrogen and oxygen atoms in total. The second-order valence-electron chi connectivity index (χ2n) is 4.16. The second-order valence-corrected chi connectivity index (χ2v) is 4.16. The van der Waals surface area contributed by atoms with Crippen LogP contribution in [0.5, 0.6) is 0 Å². The molecule has 2 heterocycles. The van der Waals surface area contributed by atoms with Gasteiger partial charge in [0.2, 0.25) is 0 Å². The molecular weight excluding hydrogens is 208 g/mol. The fourth-order valence-corrected chi connectivity index (χ4v) is 2.14. The Balaban J connectivity index is 1.90. The van der Waals surface area contributed by atoms with Crippen LogP contribution in [0.25, 0.3) is 10.9 Å². The van der Waals surface area contributed by atoms with E-state index in [4.69, 9.17) is 0 Å². The van der Waals surface area contributed by atoms with Crippen molar-refractivity contribution < 1.29 is 0 Å². The van der Waals surface area contributed by atoms with Crippen molar-refractivity contribution in [1.82, 2.24) is 9.55 Å². The first-order valence-electron chi connectivity index (χ1n) is 5.87. The van der Waals surface area contributed by atoms with Crippen molar-refractivity contribution in [1.29, 1.82) is 0 Å². The van der Waals surface area contributed by atoms with E-state index in [2.05, 4.69) is 58.3 Å². The van der Waals surface area contributed by atoms with Crippen molar-refractivity contribution >= 4 is 10.9 Å². The zero-order valence-corrected chi connectivity index (χ0v) is 9.58. The number of rotatable bonds is 3. The predicted molar refractivity (Wildman–Crippen MR) is 69.9 cm³/mol. The highest BCUT2D eigenvalue weighted by molar-refractivity contribution is 5.81. The third-order valence-corrected chi connectivity index (χ3v) is 3.02.